The summed E-state index contributed by atoms with van der Waals surface area (Å²) < 4.78 is 29.1. The number of amides is 1. The lowest BCUT2D eigenvalue weighted by molar-refractivity contribution is -0.115. The van der Waals surface area contributed by atoms with Gasteiger partial charge < -0.3 is 15.8 Å². The number of carbonyl (C=O) groups excluding carboxylic acids is 1. The Kier molecular flexibility index (Phi) is 5.19. The summed E-state index contributed by atoms with van der Waals surface area (Å²) in [6, 6.07) is 6.76. The number of nitrogens with one attached hydrogen (secondary N) is 1. The largest absolute Gasteiger partial charge is 0.399 e. The van der Waals surface area contributed by atoms with Gasteiger partial charge in [0, 0.05) is 24.4 Å². The second-order valence-electron chi connectivity index (χ2n) is 5.17. The predicted molar refractivity (Wildman–Crippen MR) is 81.7 cm³/mol. The number of hydrogen-bond acceptors (Lipinski definition) is 5. The highest BCUT2D eigenvalue weighted by Gasteiger charge is 2.23. The summed E-state index contributed by atoms with van der Waals surface area (Å²) in [6.07, 6.45) is 1.39. The van der Waals surface area contributed by atoms with Crippen molar-refractivity contribution in [3.63, 3.8) is 0 Å². The molecule has 0 spiro atoms. The molecule has 0 bridgehead atoms. The molecule has 0 aromatic heterocycles. The zero-order chi connectivity index (χ0) is 15.3. The molecule has 21 heavy (non-hydrogen) atoms. The maximum atomic E-state index is 11.9. The van der Waals surface area contributed by atoms with Crippen molar-refractivity contribution in [2.75, 3.05) is 29.2 Å². The molecule has 1 fully saturated rings. The lowest BCUT2D eigenvalue weighted by Crippen LogP contribution is -2.25. The fourth-order valence-electron chi connectivity index (χ4n) is 2.23. The Hall–Kier alpha value is -1.60. The molecule has 0 aliphatic carbocycles. The Morgan fingerprint density at radius 3 is 2.90 bits per heavy atom. The van der Waals surface area contributed by atoms with E-state index >= 15 is 0 Å². The number of anilines is 2. The van der Waals surface area contributed by atoms with E-state index in [9.17, 15) is 13.2 Å². The fraction of sp³-hybridized carbons (Fsp3) is 0.500. The highest BCUT2D eigenvalue weighted by molar-refractivity contribution is 7.91. The zero-order valence-electron chi connectivity index (χ0n) is 11.7. The van der Waals surface area contributed by atoms with E-state index in [-0.39, 0.29) is 29.9 Å². The fourth-order valence-corrected chi connectivity index (χ4v) is 3.72. The Labute approximate surface area is 124 Å². The number of rotatable bonds is 6. The molecule has 3 N–H and O–H groups in total. The molecule has 1 aliphatic heterocycles. The number of sulfone groups is 1. The van der Waals surface area contributed by atoms with Crippen molar-refractivity contribution < 1.29 is 17.9 Å². The minimum Gasteiger partial charge on any atom is -0.399 e. The summed E-state index contributed by atoms with van der Waals surface area (Å²) in [6.45, 7) is 0.621. The first-order valence-corrected chi connectivity index (χ1v) is 8.74. The van der Waals surface area contributed by atoms with Gasteiger partial charge >= 0.3 is 0 Å². The average Bonchev–Trinajstić information content (AvgIpc) is 2.89. The number of carbonyl (C=O) groups is 1. The molecular formula is C14H20N2O4S. The van der Waals surface area contributed by atoms with Crippen LogP contribution >= 0.6 is 0 Å². The molecule has 6 nitrogen and oxygen atoms in total. The van der Waals surface area contributed by atoms with Gasteiger partial charge in [0.15, 0.2) is 9.84 Å². The van der Waals surface area contributed by atoms with E-state index in [0.29, 0.717) is 18.0 Å². The van der Waals surface area contributed by atoms with Gasteiger partial charge in [0.1, 0.15) is 0 Å². The van der Waals surface area contributed by atoms with Gasteiger partial charge in [-0.15, -0.1) is 0 Å². The third-order valence-corrected chi connectivity index (χ3v) is 4.98. The van der Waals surface area contributed by atoms with Gasteiger partial charge in [-0.3, -0.25) is 4.79 Å². The monoisotopic (exact) mass is 312 g/mol. The van der Waals surface area contributed by atoms with E-state index in [4.69, 9.17) is 10.5 Å². The SMILES string of the molecule is Nc1cccc(NC(=O)CCS(=O)(=O)CC2CCCO2)c1. The van der Waals surface area contributed by atoms with Crippen LogP contribution < -0.4 is 11.1 Å². The van der Waals surface area contributed by atoms with Crippen LogP contribution in [0.5, 0.6) is 0 Å². The standard InChI is InChI=1S/C14H20N2O4S/c15-11-3-1-4-12(9-11)16-14(17)6-8-21(18,19)10-13-5-2-7-20-13/h1,3-4,9,13H,2,5-8,10,15H2,(H,16,17). The molecule has 1 saturated heterocycles. The molecule has 1 heterocycles. The zero-order valence-corrected chi connectivity index (χ0v) is 12.6. The molecule has 1 amide bonds. The average molecular weight is 312 g/mol. The molecular weight excluding hydrogens is 292 g/mol. The Morgan fingerprint density at radius 1 is 1.43 bits per heavy atom. The summed E-state index contributed by atoms with van der Waals surface area (Å²) >= 11 is 0. The van der Waals surface area contributed by atoms with E-state index in [1.807, 2.05) is 0 Å². The lowest BCUT2D eigenvalue weighted by atomic mass is 10.3. The van der Waals surface area contributed by atoms with Crippen LogP contribution in [0.1, 0.15) is 19.3 Å². The molecule has 7 heteroatoms. The maximum absolute atomic E-state index is 11.9. The molecule has 1 aromatic carbocycles. The summed E-state index contributed by atoms with van der Waals surface area (Å²) in [5.41, 5.74) is 6.71. The second kappa shape index (κ2) is 6.91. The van der Waals surface area contributed by atoms with Crippen molar-refractivity contribution in [1.29, 1.82) is 0 Å². The van der Waals surface area contributed by atoms with Crippen molar-refractivity contribution in [3.05, 3.63) is 24.3 Å². The predicted octanol–water partition coefficient (Wildman–Crippen LogP) is 1.19. The number of benzene rings is 1. The maximum Gasteiger partial charge on any atom is 0.225 e. The minimum atomic E-state index is -3.27. The van der Waals surface area contributed by atoms with Crippen molar-refractivity contribution in [1.82, 2.24) is 0 Å². The third-order valence-electron chi connectivity index (χ3n) is 3.27. The lowest BCUT2D eigenvalue weighted by Gasteiger charge is -2.10. The molecule has 116 valence electrons. The van der Waals surface area contributed by atoms with Gasteiger partial charge in [0.2, 0.25) is 5.91 Å². The smallest absolute Gasteiger partial charge is 0.225 e. The van der Waals surface area contributed by atoms with Gasteiger partial charge in [-0.2, -0.15) is 0 Å². The van der Waals surface area contributed by atoms with Gasteiger partial charge in [-0.05, 0) is 31.0 Å². The van der Waals surface area contributed by atoms with Crippen LogP contribution in [0.25, 0.3) is 0 Å². The van der Waals surface area contributed by atoms with Crippen LogP contribution in [0, 0.1) is 0 Å². The van der Waals surface area contributed by atoms with E-state index < -0.39 is 9.84 Å². The normalized spacial score (nSPS) is 18.6. The highest BCUT2D eigenvalue weighted by atomic mass is 32.2. The van der Waals surface area contributed by atoms with Crippen LogP contribution in [0.15, 0.2) is 24.3 Å². The number of ether oxygens (including phenoxy) is 1. The van der Waals surface area contributed by atoms with Crippen LogP contribution in [-0.4, -0.2) is 38.5 Å². The van der Waals surface area contributed by atoms with Gasteiger partial charge in [-0.25, -0.2) is 8.42 Å². The Bertz CT molecular complexity index is 595. The topological polar surface area (TPSA) is 98.5 Å². The molecule has 1 atom stereocenters. The number of nitrogens with two attached hydrogens (primary N) is 1. The summed E-state index contributed by atoms with van der Waals surface area (Å²) in [4.78, 5) is 11.8. The van der Waals surface area contributed by atoms with Crippen LogP contribution in [0.3, 0.4) is 0 Å². The summed E-state index contributed by atoms with van der Waals surface area (Å²) in [5.74, 6) is -0.504. The summed E-state index contributed by atoms with van der Waals surface area (Å²) in [5, 5.41) is 2.63. The van der Waals surface area contributed by atoms with Gasteiger partial charge in [-0.1, -0.05) is 6.07 Å². The molecule has 1 aromatic rings. The Morgan fingerprint density at radius 2 is 2.24 bits per heavy atom. The molecule has 1 aliphatic rings. The highest BCUT2D eigenvalue weighted by Crippen LogP contribution is 2.15. The Balaban J connectivity index is 1.80. The van der Waals surface area contributed by atoms with Crippen molar-refractivity contribution in [3.8, 4) is 0 Å². The van der Waals surface area contributed by atoms with Gasteiger partial charge in [0.05, 0.1) is 17.6 Å². The summed E-state index contributed by atoms with van der Waals surface area (Å²) in [7, 11) is -3.27. The van der Waals surface area contributed by atoms with Crippen LogP contribution in [-0.2, 0) is 19.4 Å². The molecule has 0 radical (unpaired) electrons. The van der Waals surface area contributed by atoms with Crippen molar-refractivity contribution in [2.45, 2.75) is 25.4 Å². The minimum absolute atomic E-state index is 0.00142. The molecule has 2 rings (SSSR count). The molecule has 0 saturated carbocycles. The van der Waals surface area contributed by atoms with Crippen LogP contribution in [0.4, 0.5) is 11.4 Å². The van der Waals surface area contributed by atoms with E-state index in [0.717, 1.165) is 12.8 Å². The first kappa shape index (κ1) is 15.8. The first-order chi connectivity index (χ1) is 9.94. The van der Waals surface area contributed by atoms with E-state index in [1.165, 1.54) is 0 Å². The molecule has 1 unspecified atom stereocenters. The number of nitrogen functional groups attached to an aromatic ring is 1. The van der Waals surface area contributed by atoms with E-state index in [1.54, 1.807) is 24.3 Å². The van der Waals surface area contributed by atoms with Gasteiger partial charge in [0.25, 0.3) is 0 Å². The van der Waals surface area contributed by atoms with Crippen LogP contribution in [0.2, 0.25) is 0 Å². The van der Waals surface area contributed by atoms with Crippen molar-refractivity contribution in [2.24, 2.45) is 0 Å². The number of hydrogen-bond donors (Lipinski definition) is 2. The quantitative estimate of drug-likeness (QED) is 0.769. The third kappa shape index (κ3) is 5.35. The van der Waals surface area contributed by atoms with Crippen molar-refractivity contribution >= 4 is 27.1 Å². The second-order valence-corrected chi connectivity index (χ2v) is 7.40. The van der Waals surface area contributed by atoms with E-state index in [2.05, 4.69) is 5.32 Å². The first-order valence-electron chi connectivity index (χ1n) is 6.92.